The lowest BCUT2D eigenvalue weighted by Gasteiger charge is -2.19. The first-order valence-electron chi connectivity index (χ1n) is 5.05. The number of aromatic nitrogens is 1. The van der Waals surface area contributed by atoms with Crippen molar-refractivity contribution < 1.29 is 13.9 Å². The normalized spacial score (nSPS) is 11.1. The molecule has 0 atom stereocenters. The fourth-order valence-corrected chi connectivity index (χ4v) is 1.50. The third-order valence-corrected chi connectivity index (χ3v) is 2.37. The summed E-state index contributed by atoms with van der Waals surface area (Å²) in [7, 11) is 0. The van der Waals surface area contributed by atoms with Crippen molar-refractivity contribution in [2.45, 2.75) is 32.9 Å². The zero-order valence-electron chi connectivity index (χ0n) is 9.88. The fourth-order valence-electron chi connectivity index (χ4n) is 1.04. The molecular formula is C11H14BrFN2O2. The second kappa shape index (κ2) is 5.44. The number of halogens is 2. The summed E-state index contributed by atoms with van der Waals surface area (Å²) in [6, 6.07) is 1.29. The zero-order chi connectivity index (χ0) is 13.1. The van der Waals surface area contributed by atoms with Crippen molar-refractivity contribution in [2.75, 3.05) is 0 Å². The molecule has 1 heterocycles. The number of ether oxygens (including phenoxy) is 1. The molecule has 6 heteroatoms. The number of nitrogens with one attached hydrogen (secondary N) is 1. The van der Waals surface area contributed by atoms with Gasteiger partial charge < -0.3 is 10.1 Å². The van der Waals surface area contributed by atoms with E-state index in [1.807, 2.05) is 0 Å². The van der Waals surface area contributed by atoms with Crippen LogP contribution in [-0.2, 0) is 11.3 Å². The lowest BCUT2D eigenvalue weighted by Crippen LogP contribution is -2.32. The van der Waals surface area contributed by atoms with E-state index in [2.05, 4.69) is 26.2 Å². The Hall–Kier alpha value is -1.17. The van der Waals surface area contributed by atoms with Gasteiger partial charge in [0.1, 0.15) is 11.4 Å². The van der Waals surface area contributed by atoms with Crippen molar-refractivity contribution in [3.63, 3.8) is 0 Å². The van der Waals surface area contributed by atoms with Gasteiger partial charge in [0.25, 0.3) is 0 Å². The van der Waals surface area contributed by atoms with Crippen molar-refractivity contribution in [1.29, 1.82) is 0 Å². The van der Waals surface area contributed by atoms with Crippen molar-refractivity contribution in [3.8, 4) is 0 Å². The molecule has 0 aliphatic rings. The molecule has 1 amide bonds. The zero-order valence-corrected chi connectivity index (χ0v) is 11.5. The van der Waals surface area contributed by atoms with E-state index in [1.165, 1.54) is 6.07 Å². The van der Waals surface area contributed by atoms with Crippen LogP contribution >= 0.6 is 15.9 Å². The highest BCUT2D eigenvalue weighted by molar-refractivity contribution is 9.10. The Morgan fingerprint density at radius 3 is 2.76 bits per heavy atom. The molecule has 0 fully saturated rings. The van der Waals surface area contributed by atoms with Gasteiger partial charge in [-0.05, 0) is 42.8 Å². The summed E-state index contributed by atoms with van der Waals surface area (Å²) in [6.07, 6.45) is 0.562. The SMILES string of the molecule is CC(C)(C)OC(=O)NCc1ncc(F)cc1Br. The van der Waals surface area contributed by atoms with E-state index < -0.39 is 17.5 Å². The van der Waals surface area contributed by atoms with E-state index in [9.17, 15) is 9.18 Å². The number of hydrogen-bond acceptors (Lipinski definition) is 3. The maximum absolute atomic E-state index is 12.8. The number of amides is 1. The largest absolute Gasteiger partial charge is 0.444 e. The van der Waals surface area contributed by atoms with Crippen LogP contribution in [0.15, 0.2) is 16.7 Å². The Bertz CT molecular complexity index is 418. The van der Waals surface area contributed by atoms with E-state index >= 15 is 0 Å². The number of pyridine rings is 1. The lowest BCUT2D eigenvalue weighted by atomic mass is 10.2. The van der Waals surface area contributed by atoms with Crippen LogP contribution in [0.2, 0.25) is 0 Å². The highest BCUT2D eigenvalue weighted by Gasteiger charge is 2.16. The van der Waals surface area contributed by atoms with Crippen LogP contribution in [0.5, 0.6) is 0 Å². The summed E-state index contributed by atoms with van der Waals surface area (Å²) in [5.74, 6) is -0.433. The van der Waals surface area contributed by atoms with E-state index in [4.69, 9.17) is 4.74 Å². The fraction of sp³-hybridized carbons (Fsp3) is 0.455. The molecule has 4 nitrogen and oxygen atoms in total. The molecule has 1 N–H and O–H groups in total. The Morgan fingerprint density at radius 2 is 2.24 bits per heavy atom. The highest BCUT2D eigenvalue weighted by Crippen LogP contribution is 2.15. The first-order chi connectivity index (χ1) is 7.78. The Balaban J connectivity index is 2.53. The van der Waals surface area contributed by atoms with Gasteiger partial charge in [-0.15, -0.1) is 0 Å². The molecule has 0 saturated heterocycles. The molecular weight excluding hydrogens is 291 g/mol. The van der Waals surface area contributed by atoms with Gasteiger partial charge in [0.05, 0.1) is 18.4 Å². The van der Waals surface area contributed by atoms with Crippen LogP contribution < -0.4 is 5.32 Å². The van der Waals surface area contributed by atoms with E-state index in [-0.39, 0.29) is 6.54 Å². The number of nitrogens with zero attached hydrogens (tertiary/aromatic N) is 1. The third kappa shape index (κ3) is 5.12. The van der Waals surface area contributed by atoms with Crippen LogP contribution in [0.25, 0.3) is 0 Å². The van der Waals surface area contributed by atoms with Crippen molar-refractivity contribution in [2.24, 2.45) is 0 Å². The van der Waals surface area contributed by atoms with Gasteiger partial charge in [-0.3, -0.25) is 4.98 Å². The molecule has 17 heavy (non-hydrogen) atoms. The predicted molar refractivity (Wildman–Crippen MR) is 65.0 cm³/mol. The number of hydrogen-bond donors (Lipinski definition) is 1. The molecule has 0 aliphatic heterocycles. The quantitative estimate of drug-likeness (QED) is 0.914. The van der Waals surface area contributed by atoms with Crippen LogP contribution in [0, 0.1) is 5.82 Å². The molecule has 0 aliphatic carbocycles. The first-order valence-corrected chi connectivity index (χ1v) is 5.84. The highest BCUT2D eigenvalue weighted by atomic mass is 79.9. The minimum Gasteiger partial charge on any atom is -0.444 e. The maximum Gasteiger partial charge on any atom is 0.407 e. The monoisotopic (exact) mass is 304 g/mol. The van der Waals surface area contributed by atoms with Crippen molar-refractivity contribution >= 4 is 22.0 Å². The average molecular weight is 305 g/mol. The summed E-state index contributed by atoms with van der Waals surface area (Å²) >= 11 is 3.16. The second-order valence-electron chi connectivity index (χ2n) is 4.44. The maximum atomic E-state index is 12.8. The number of carbonyl (C=O) groups is 1. The first kappa shape index (κ1) is 13.9. The smallest absolute Gasteiger partial charge is 0.407 e. The van der Waals surface area contributed by atoms with Gasteiger partial charge in [-0.25, -0.2) is 9.18 Å². The molecule has 0 bridgehead atoms. The van der Waals surface area contributed by atoms with Crippen LogP contribution in [-0.4, -0.2) is 16.7 Å². The Morgan fingerprint density at radius 1 is 1.59 bits per heavy atom. The van der Waals surface area contributed by atoms with Crippen molar-refractivity contribution in [1.82, 2.24) is 10.3 Å². The van der Waals surface area contributed by atoms with Crippen molar-refractivity contribution in [3.05, 3.63) is 28.2 Å². The van der Waals surface area contributed by atoms with E-state index in [1.54, 1.807) is 20.8 Å². The predicted octanol–water partition coefficient (Wildman–Crippen LogP) is 3.01. The third-order valence-electron chi connectivity index (χ3n) is 1.68. The average Bonchev–Trinajstić information content (AvgIpc) is 2.13. The molecule has 0 radical (unpaired) electrons. The minimum atomic E-state index is -0.544. The Labute approximate surface area is 108 Å². The number of carbonyl (C=O) groups excluding carboxylic acids is 1. The summed E-state index contributed by atoms with van der Waals surface area (Å²) in [4.78, 5) is 15.2. The standard InChI is InChI=1S/C11H14BrFN2O2/c1-11(2,3)17-10(16)15-6-9-8(12)4-7(13)5-14-9/h4-5H,6H2,1-3H3,(H,15,16). The topological polar surface area (TPSA) is 51.2 Å². The Kier molecular flexibility index (Phi) is 4.45. The number of rotatable bonds is 2. The molecule has 1 aromatic heterocycles. The number of alkyl carbamates (subject to hydrolysis) is 1. The van der Waals surface area contributed by atoms with Gasteiger partial charge in [-0.1, -0.05) is 0 Å². The molecule has 0 spiro atoms. The molecule has 94 valence electrons. The van der Waals surface area contributed by atoms with E-state index in [0.717, 1.165) is 6.20 Å². The van der Waals surface area contributed by atoms with Gasteiger partial charge in [0.2, 0.25) is 0 Å². The lowest BCUT2D eigenvalue weighted by molar-refractivity contribution is 0.0523. The molecule has 1 aromatic rings. The minimum absolute atomic E-state index is 0.176. The molecule has 1 rings (SSSR count). The molecule has 0 aromatic carbocycles. The second-order valence-corrected chi connectivity index (χ2v) is 5.29. The summed E-state index contributed by atoms with van der Waals surface area (Å²) in [5, 5.41) is 2.54. The van der Waals surface area contributed by atoms with Gasteiger partial charge in [0, 0.05) is 4.47 Å². The summed E-state index contributed by atoms with van der Waals surface area (Å²) in [5.41, 5.74) is -0.00498. The van der Waals surface area contributed by atoms with Crippen LogP contribution in [0.4, 0.5) is 9.18 Å². The summed E-state index contributed by atoms with van der Waals surface area (Å²) < 4.78 is 18.3. The van der Waals surface area contributed by atoms with Crippen LogP contribution in [0.3, 0.4) is 0 Å². The van der Waals surface area contributed by atoms with Crippen LogP contribution in [0.1, 0.15) is 26.5 Å². The molecule has 0 saturated carbocycles. The molecule has 0 unspecified atom stereocenters. The van der Waals surface area contributed by atoms with Gasteiger partial charge in [-0.2, -0.15) is 0 Å². The summed E-state index contributed by atoms with van der Waals surface area (Å²) in [6.45, 7) is 5.51. The van der Waals surface area contributed by atoms with Gasteiger partial charge >= 0.3 is 6.09 Å². The van der Waals surface area contributed by atoms with E-state index in [0.29, 0.717) is 10.2 Å². The van der Waals surface area contributed by atoms with Gasteiger partial charge in [0.15, 0.2) is 0 Å².